The molecule has 16 heteroatoms. The minimum atomic E-state index is -1.70. The number of aliphatic hydroxyl groups excluding tert-OH is 1. The minimum absolute atomic E-state index is 0.0787. The smallest absolute Gasteiger partial charge is 0.328 e. The van der Waals surface area contributed by atoms with Gasteiger partial charge in [-0.2, -0.15) is 0 Å². The number of carboxylic acid groups (broad SMARTS) is 1. The van der Waals surface area contributed by atoms with Gasteiger partial charge in [-0.05, 0) is 6.92 Å². The summed E-state index contributed by atoms with van der Waals surface area (Å²) in [6.45, 7) is 1.14. The van der Waals surface area contributed by atoms with Crippen LogP contribution in [0.4, 0.5) is 0 Å². The van der Waals surface area contributed by atoms with Crippen LogP contribution in [0.5, 0.6) is 0 Å². The van der Waals surface area contributed by atoms with Crippen molar-refractivity contribution in [3.8, 4) is 0 Å². The van der Waals surface area contributed by atoms with E-state index in [1.807, 2.05) is 0 Å². The highest BCUT2D eigenvalue weighted by Gasteiger charge is 2.33. The number of hydrogen-bond donors (Lipinski definition) is 9. The van der Waals surface area contributed by atoms with Crippen LogP contribution >= 0.6 is 0 Å². The Kier molecular flexibility index (Phi) is 10.1. The first kappa shape index (κ1) is 27.9. The topological polar surface area (TPSA) is 271 Å². The number of aliphatic hydroxyl groups is 1. The van der Waals surface area contributed by atoms with E-state index >= 15 is 0 Å². The molecule has 11 N–H and O–H groups in total. The number of aliphatic carboxylic acids is 1. The zero-order chi connectivity index (χ0) is 26.8. The minimum Gasteiger partial charge on any atom is -0.480 e. The van der Waals surface area contributed by atoms with E-state index in [4.69, 9.17) is 11.5 Å². The monoisotopic (exact) mass is 507 g/mol. The van der Waals surface area contributed by atoms with Crippen LogP contribution in [0, 0.1) is 0 Å². The summed E-state index contributed by atoms with van der Waals surface area (Å²) in [6, 6.07) is -5.60. The molecule has 2 aromatic heterocycles. The van der Waals surface area contributed by atoms with Crippen molar-refractivity contribution < 1.29 is 34.2 Å². The fourth-order valence-electron chi connectivity index (χ4n) is 3.16. The second kappa shape index (κ2) is 13.0. The molecule has 0 spiro atoms. The van der Waals surface area contributed by atoms with Crippen molar-refractivity contribution >= 4 is 29.6 Å². The first-order valence-corrected chi connectivity index (χ1v) is 10.8. The Morgan fingerprint density at radius 2 is 1.44 bits per heavy atom. The molecule has 0 radical (unpaired) electrons. The van der Waals surface area contributed by atoms with Gasteiger partial charge in [-0.25, -0.2) is 14.8 Å². The van der Waals surface area contributed by atoms with Gasteiger partial charge in [0.15, 0.2) is 6.04 Å². The molecule has 2 aromatic rings. The van der Waals surface area contributed by atoms with Crippen LogP contribution in [-0.2, 0) is 36.8 Å². The van der Waals surface area contributed by atoms with E-state index in [0.29, 0.717) is 11.4 Å². The number of carboxylic acids is 1. The number of amides is 4. The molecule has 5 unspecified atom stereocenters. The van der Waals surface area contributed by atoms with Gasteiger partial charge in [-0.15, -0.1) is 0 Å². The molecule has 2 heterocycles. The molecule has 0 bridgehead atoms. The molecular weight excluding hydrogens is 478 g/mol. The number of nitrogens with zero attached hydrogens (tertiary/aromatic N) is 2. The second-order valence-electron chi connectivity index (χ2n) is 8.03. The SMILES string of the molecule is CC(O)C(NC(=O)C(CC(N)=O)NC(=O)C(Cc1cnc[nH]1)NC(=O)C(N)Cc1cnc[nH]1)C(=O)O. The molecule has 0 aliphatic rings. The Morgan fingerprint density at radius 1 is 0.917 bits per heavy atom. The normalized spacial score (nSPS) is 15.1. The fraction of sp³-hybridized carbons (Fsp3) is 0.450. The molecule has 0 fully saturated rings. The highest BCUT2D eigenvalue weighted by atomic mass is 16.4. The molecule has 4 amide bonds. The number of imidazole rings is 2. The number of aromatic nitrogens is 4. The maximum atomic E-state index is 13.1. The molecule has 5 atom stereocenters. The van der Waals surface area contributed by atoms with E-state index in [1.165, 1.54) is 25.0 Å². The van der Waals surface area contributed by atoms with Crippen molar-refractivity contribution in [2.24, 2.45) is 11.5 Å². The predicted octanol–water partition coefficient (Wildman–Crippen LogP) is -3.96. The van der Waals surface area contributed by atoms with Crippen LogP contribution < -0.4 is 27.4 Å². The molecule has 0 aromatic carbocycles. The number of primary amides is 1. The van der Waals surface area contributed by atoms with Gasteiger partial charge in [0.2, 0.25) is 23.6 Å². The lowest BCUT2D eigenvalue weighted by atomic mass is 10.1. The number of carbonyl (C=O) groups excluding carboxylic acids is 4. The Hall–Kier alpha value is -4.31. The van der Waals surface area contributed by atoms with Gasteiger partial charge in [0.05, 0.1) is 31.2 Å². The maximum Gasteiger partial charge on any atom is 0.328 e. The summed E-state index contributed by atoms with van der Waals surface area (Å²) in [5, 5.41) is 25.6. The van der Waals surface area contributed by atoms with E-state index in [2.05, 4.69) is 35.9 Å². The summed E-state index contributed by atoms with van der Waals surface area (Å²) in [5.41, 5.74) is 12.2. The van der Waals surface area contributed by atoms with E-state index in [9.17, 15) is 34.2 Å². The van der Waals surface area contributed by atoms with Crippen molar-refractivity contribution in [2.45, 2.75) is 56.5 Å². The summed E-state index contributed by atoms with van der Waals surface area (Å²) in [4.78, 5) is 74.5. The van der Waals surface area contributed by atoms with Gasteiger partial charge in [-0.3, -0.25) is 19.2 Å². The molecule has 0 aliphatic carbocycles. The predicted molar refractivity (Wildman–Crippen MR) is 121 cm³/mol. The van der Waals surface area contributed by atoms with Crippen LogP contribution in [0.15, 0.2) is 25.0 Å². The molecule has 196 valence electrons. The third kappa shape index (κ3) is 8.48. The molecule has 0 saturated carbocycles. The molecule has 36 heavy (non-hydrogen) atoms. The van der Waals surface area contributed by atoms with Gasteiger partial charge in [0, 0.05) is 36.6 Å². The fourth-order valence-corrected chi connectivity index (χ4v) is 3.16. The third-order valence-corrected chi connectivity index (χ3v) is 5.03. The van der Waals surface area contributed by atoms with Crippen LogP contribution in [0.3, 0.4) is 0 Å². The number of nitrogens with two attached hydrogens (primary N) is 2. The zero-order valence-corrected chi connectivity index (χ0v) is 19.3. The molecular formula is C20H29N9O7. The summed E-state index contributed by atoms with van der Waals surface area (Å²) in [7, 11) is 0. The Morgan fingerprint density at radius 3 is 1.92 bits per heavy atom. The van der Waals surface area contributed by atoms with Crippen molar-refractivity contribution in [3.63, 3.8) is 0 Å². The Balaban J connectivity index is 2.17. The van der Waals surface area contributed by atoms with Crippen molar-refractivity contribution in [2.75, 3.05) is 0 Å². The van der Waals surface area contributed by atoms with Crippen LogP contribution in [0.25, 0.3) is 0 Å². The summed E-state index contributed by atoms with van der Waals surface area (Å²) in [6.07, 6.45) is 3.58. The van der Waals surface area contributed by atoms with Crippen molar-refractivity contribution in [1.82, 2.24) is 35.9 Å². The first-order valence-electron chi connectivity index (χ1n) is 10.8. The molecule has 16 nitrogen and oxygen atoms in total. The highest BCUT2D eigenvalue weighted by Crippen LogP contribution is 2.04. The number of nitrogens with one attached hydrogen (secondary N) is 5. The van der Waals surface area contributed by atoms with Gasteiger partial charge in [0.1, 0.15) is 12.1 Å². The Labute approximate surface area is 204 Å². The first-order chi connectivity index (χ1) is 17.0. The molecule has 2 rings (SSSR count). The van der Waals surface area contributed by atoms with Crippen LogP contribution in [-0.4, -0.2) is 90.0 Å². The van der Waals surface area contributed by atoms with Crippen molar-refractivity contribution in [3.05, 3.63) is 36.4 Å². The third-order valence-electron chi connectivity index (χ3n) is 5.03. The quantitative estimate of drug-likeness (QED) is 0.120. The molecule has 0 aliphatic heterocycles. The highest BCUT2D eigenvalue weighted by molar-refractivity contribution is 5.96. The summed E-state index contributed by atoms with van der Waals surface area (Å²) >= 11 is 0. The van der Waals surface area contributed by atoms with Gasteiger partial charge < -0.3 is 47.6 Å². The number of hydrogen-bond acceptors (Lipinski definition) is 9. The van der Waals surface area contributed by atoms with Gasteiger partial charge in [-0.1, -0.05) is 0 Å². The lowest BCUT2D eigenvalue weighted by molar-refractivity contribution is -0.145. The number of aromatic amines is 2. The van der Waals surface area contributed by atoms with Gasteiger partial charge >= 0.3 is 5.97 Å². The summed E-state index contributed by atoms with van der Waals surface area (Å²) in [5.74, 6) is -5.12. The van der Waals surface area contributed by atoms with E-state index < -0.39 is 66.3 Å². The van der Waals surface area contributed by atoms with Crippen molar-refractivity contribution in [1.29, 1.82) is 0 Å². The Bertz CT molecular complexity index is 1040. The number of carbonyl (C=O) groups is 5. The van der Waals surface area contributed by atoms with Gasteiger partial charge in [0.25, 0.3) is 0 Å². The lowest BCUT2D eigenvalue weighted by Crippen LogP contribution is -2.59. The number of rotatable bonds is 14. The average Bonchev–Trinajstić information content (AvgIpc) is 3.49. The average molecular weight is 508 g/mol. The van der Waals surface area contributed by atoms with E-state index in [1.54, 1.807) is 0 Å². The maximum absolute atomic E-state index is 13.1. The lowest BCUT2D eigenvalue weighted by Gasteiger charge is -2.25. The van der Waals surface area contributed by atoms with E-state index in [0.717, 1.165) is 6.92 Å². The standard InChI is InChI=1S/C20H29N9O7/c1-9(30)16(20(35)36)29-19(34)14(4-15(22)31)28-18(33)13(3-11-6-24-8-26-11)27-17(32)12(21)2-10-5-23-7-25-10/h5-9,12-14,16,30H,2-4,21H2,1H3,(H2,22,31)(H,23,25)(H,24,26)(H,27,32)(H,28,33)(H,29,34)(H,35,36). The largest absolute Gasteiger partial charge is 0.480 e. The van der Waals surface area contributed by atoms with E-state index in [-0.39, 0.29) is 12.8 Å². The molecule has 0 saturated heterocycles. The number of H-pyrrole nitrogens is 2. The summed E-state index contributed by atoms with van der Waals surface area (Å²) < 4.78 is 0. The van der Waals surface area contributed by atoms with Crippen LogP contribution in [0.2, 0.25) is 0 Å². The second-order valence-corrected chi connectivity index (χ2v) is 8.03. The zero-order valence-electron chi connectivity index (χ0n) is 19.3. The van der Waals surface area contributed by atoms with Crippen LogP contribution in [0.1, 0.15) is 24.7 Å².